The van der Waals surface area contributed by atoms with Crippen LogP contribution in [-0.2, 0) is 16.1 Å². The molecular formula is C17H12FNO3. The van der Waals surface area contributed by atoms with Gasteiger partial charge in [0.25, 0.3) is 11.8 Å². The van der Waals surface area contributed by atoms with Gasteiger partial charge in [-0.3, -0.25) is 14.5 Å². The van der Waals surface area contributed by atoms with E-state index in [4.69, 9.17) is 0 Å². The number of aliphatic hydroxyl groups is 1. The first kappa shape index (κ1) is 14.0. The predicted octanol–water partition coefficient (Wildman–Crippen LogP) is 2.66. The van der Waals surface area contributed by atoms with Gasteiger partial charge >= 0.3 is 0 Å². The summed E-state index contributed by atoms with van der Waals surface area (Å²) in [5.41, 5.74) is 1.08. The van der Waals surface area contributed by atoms with Gasteiger partial charge in [0.1, 0.15) is 5.82 Å². The molecule has 1 heterocycles. The number of aliphatic hydroxyl groups excluding tert-OH is 1. The van der Waals surface area contributed by atoms with Crippen LogP contribution >= 0.6 is 0 Å². The van der Waals surface area contributed by atoms with Gasteiger partial charge in [0.05, 0.1) is 12.1 Å². The topological polar surface area (TPSA) is 57.6 Å². The molecule has 2 aromatic carbocycles. The summed E-state index contributed by atoms with van der Waals surface area (Å²) >= 11 is 0. The van der Waals surface area contributed by atoms with E-state index in [1.807, 2.05) is 0 Å². The van der Waals surface area contributed by atoms with Crippen LogP contribution in [0.4, 0.5) is 4.39 Å². The van der Waals surface area contributed by atoms with Crippen LogP contribution < -0.4 is 0 Å². The van der Waals surface area contributed by atoms with Crippen molar-refractivity contribution in [2.24, 2.45) is 0 Å². The lowest BCUT2D eigenvalue weighted by Gasteiger charge is -2.14. The Hall–Kier alpha value is -2.95. The van der Waals surface area contributed by atoms with Crippen molar-refractivity contribution in [1.29, 1.82) is 0 Å². The second kappa shape index (κ2) is 5.44. The Labute approximate surface area is 126 Å². The van der Waals surface area contributed by atoms with E-state index in [-0.39, 0.29) is 12.1 Å². The summed E-state index contributed by atoms with van der Waals surface area (Å²) in [5, 5.41) is 9.98. The maximum Gasteiger partial charge on any atom is 0.296 e. The third-order valence-corrected chi connectivity index (χ3v) is 3.46. The van der Waals surface area contributed by atoms with Crippen LogP contribution in [0.25, 0.3) is 5.57 Å². The number of carbonyl (C=O) groups is 2. The molecular weight excluding hydrogens is 285 g/mol. The Morgan fingerprint density at radius 3 is 2.18 bits per heavy atom. The number of rotatable bonds is 3. The summed E-state index contributed by atoms with van der Waals surface area (Å²) in [4.78, 5) is 25.5. The molecule has 22 heavy (non-hydrogen) atoms. The first-order valence-corrected chi connectivity index (χ1v) is 6.67. The van der Waals surface area contributed by atoms with Crippen LogP contribution in [0.5, 0.6) is 0 Å². The Morgan fingerprint density at radius 1 is 0.909 bits per heavy atom. The molecule has 1 aliphatic rings. The molecule has 4 nitrogen and oxygen atoms in total. The maximum absolute atomic E-state index is 12.9. The highest BCUT2D eigenvalue weighted by Gasteiger charge is 2.38. The summed E-state index contributed by atoms with van der Waals surface area (Å²) in [6.45, 7) is -0.0155. The highest BCUT2D eigenvalue weighted by atomic mass is 19.1. The Kier molecular flexibility index (Phi) is 3.47. The molecule has 0 spiro atoms. The Balaban J connectivity index is 1.89. The van der Waals surface area contributed by atoms with E-state index in [2.05, 4.69) is 0 Å². The normalized spacial score (nSPS) is 14.9. The first-order valence-electron chi connectivity index (χ1n) is 6.67. The van der Waals surface area contributed by atoms with E-state index in [1.165, 1.54) is 24.3 Å². The van der Waals surface area contributed by atoms with Gasteiger partial charge in [0.2, 0.25) is 0 Å². The molecule has 0 radical (unpaired) electrons. The fourth-order valence-corrected chi connectivity index (χ4v) is 2.34. The van der Waals surface area contributed by atoms with Crippen molar-refractivity contribution in [3.05, 3.63) is 77.3 Å². The lowest BCUT2D eigenvalue weighted by molar-refractivity contribution is -0.138. The van der Waals surface area contributed by atoms with E-state index in [0.717, 1.165) is 4.90 Å². The fraction of sp³-hybridized carbons (Fsp3) is 0.0588. The molecule has 3 rings (SSSR count). The van der Waals surface area contributed by atoms with Gasteiger partial charge in [-0.25, -0.2) is 4.39 Å². The standard InChI is InChI=1S/C17H12FNO3/c18-13-8-6-11(7-9-13)10-19-16(21)14(15(20)17(19)22)12-4-2-1-3-5-12/h1-9,20H,10H2. The minimum absolute atomic E-state index is 0.00675. The minimum atomic E-state index is -0.742. The average Bonchev–Trinajstić information content (AvgIpc) is 2.74. The van der Waals surface area contributed by atoms with Gasteiger partial charge in [-0.05, 0) is 23.3 Å². The van der Waals surface area contributed by atoms with Crippen molar-refractivity contribution in [3.8, 4) is 0 Å². The number of benzene rings is 2. The van der Waals surface area contributed by atoms with E-state index in [1.54, 1.807) is 30.3 Å². The van der Waals surface area contributed by atoms with Gasteiger partial charge in [-0.15, -0.1) is 0 Å². The average molecular weight is 297 g/mol. The fourth-order valence-electron chi connectivity index (χ4n) is 2.34. The quantitative estimate of drug-likeness (QED) is 0.886. The predicted molar refractivity (Wildman–Crippen MR) is 77.9 cm³/mol. The third-order valence-electron chi connectivity index (χ3n) is 3.46. The summed E-state index contributed by atoms with van der Waals surface area (Å²) < 4.78 is 12.9. The highest BCUT2D eigenvalue weighted by molar-refractivity contribution is 6.34. The second-order valence-electron chi connectivity index (χ2n) is 4.91. The van der Waals surface area contributed by atoms with Crippen molar-refractivity contribution >= 4 is 17.4 Å². The van der Waals surface area contributed by atoms with E-state index < -0.39 is 23.4 Å². The number of amides is 2. The number of hydrogen-bond acceptors (Lipinski definition) is 3. The summed E-state index contributed by atoms with van der Waals surface area (Å²) in [6.07, 6.45) is 0. The largest absolute Gasteiger partial charge is 0.502 e. The van der Waals surface area contributed by atoms with Crippen LogP contribution in [0.2, 0.25) is 0 Å². The van der Waals surface area contributed by atoms with Crippen LogP contribution in [0.1, 0.15) is 11.1 Å². The van der Waals surface area contributed by atoms with Crippen molar-refractivity contribution in [1.82, 2.24) is 4.90 Å². The lowest BCUT2D eigenvalue weighted by atomic mass is 10.1. The Morgan fingerprint density at radius 2 is 1.55 bits per heavy atom. The molecule has 2 amide bonds. The molecule has 1 aliphatic heterocycles. The van der Waals surface area contributed by atoms with Gasteiger partial charge in [0.15, 0.2) is 5.76 Å². The number of imide groups is 1. The number of hydrogen-bond donors (Lipinski definition) is 1. The molecule has 110 valence electrons. The number of carbonyl (C=O) groups excluding carboxylic acids is 2. The van der Waals surface area contributed by atoms with Crippen molar-refractivity contribution in [2.45, 2.75) is 6.54 Å². The zero-order valence-corrected chi connectivity index (χ0v) is 11.5. The van der Waals surface area contributed by atoms with Crippen molar-refractivity contribution in [2.75, 3.05) is 0 Å². The molecule has 0 saturated heterocycles. The van der Waals surface area contributed by atoms with Gasteiger partial charge in [-0.1, -0.05) is 42.5 Å². The molecule has 0 saturated carbocycles. The minimum Gasteiger partial charge on any atom is -0.502 e. The van der Waals surface area contributed by atoms with Crippen LogP contribution in [0, 0.1) is 5.82 Å². The van der Waals surface area contributed by atoms with Gasteiger partial charge < -0.3 is 5.11 Å². The molecule has 2 aromatic rings. The molecule has 0 aliphatic carbocycles. The summed E-state index contributed by atoms with van der Waals surface area (Å²) in [7, 11) is 0. The molecule has 5 heteroatoms. The van der Waals surface area contributed by atoms with Crippen molar-refractivity contribution < 1.29 is 19.1 Å². The van der Waals surface area contributed by atoms with Crippen LogP contribution in [0.3, 0.4) is 0 Å². The van der Waals surface area contributed by atoms with E-state index in [0.29, 0.717) is 11.1 Å². The van der Waals surface area contributed by atoms with E-state index >= 15 is 0 Å². The molecule has 0 aromatic heterocycles. The number of halogens is 1. The first-order chi connectivity index (χ1) is 10.6. The van der Waals surface area contributed by atoms with Gasteiger partial charge in [-0.2, -0.15) is 0 Å². The van der Waals surface area contributed by atoms with Crippen LogP contribution in [0.15, 0.2) is 60.4 Å². The molecule has 0 atom stereocenters. The summed E-state index contributed by atoms with van der Waals surface area (Å²) in [6, 6.07) is 14.0. The Bertz CT molecular complexity index is 766. The highest BCUT2D eigenvalue weighted by Crippen LogP contribution is 2.28. The third kappa shape index (κ3) is 2.37. The monoisotopic (exact) mass is 297 g/mol. The van der Waals surface area contributed by atoms with Crippen LogP contribution in [-0.4, -0.2) is 21.8 Å². The smallest absolute Gasteiger partial charge is 0.296 e. The molecule has 0 unspecified atom stereocenters. The zero-order chi connectivity index (χ0) is 15.7. The lowest BCUT2D eigenvalue weighted by Crippen LogP contribution is -2.31. The molecule has 0 fully saturated rings. The van der Waals surface area contributed by atoms with Crippen molar-refractivity contribution in [3.63, 3.8) is 0 Å². The summed E-state index contributed by atoms with van der Waals surface area (Å²) in [5.74, 6) is -2.25. The SMILES string of the molecule is O=C1C(O)=C(c2ccccc2)C(=O)N1Cc1ccc(F)cc1. The maximum atomic E-state index is 12.9. The van der Waals surface area contributed by atoms with E-state index in [9.17, 15) is 19.1 Å². The van der Waals surface area contributed by atoms with Gasteiger partial charge in [0, 0.05) is 0 Å². The second-order valence-corrected chi connectivity index (χ2v) is 4.91. The zero-order valence-electron chi connectivity index (χ0n) is 11.5. The number of nitrogens with zero attached hydrogens (tertiary/aromatic N) is 1. The molecule has 1 N–H and O–H groups in total. The molecule has 0 bridgehead atoms.